The molecule has 0 N–H and O–H groups in total. The Hall–Kier alpha value is -3.67. The summed E-state index contributed by atoms with van der Waals surface area (Å²) in [5.41, 5.74) is -0.0981. The predicted molar refractivity (Wildman–Crippen MR) is 185 cm³/mol. The Morgan fingerprint density at radius 2 is 1.40 bits per heavy atom. The number of allylic oxidation sites excluding steroid dienone is 1. The first kappa shape index (κ1) is 40.5. The second-order valence-corrected chi connectivity index (χ2v) is 12.3. The molecule has 0 spiro atoms. The Kier molecular flexibility index (Phi) is 18.0. The fourth-order valence-corrected chi connectivity index (χ4v) is 6.56. The van der Waals surface area contributed by atoms with Crippen molar-refractivity contribution in [3.63, 3.8) is 0 Å². The highest BCUT2D eigenvalue weighted by Crippen LogP contribution is 2.45. The Labute approximate surface area is 285 Å². The minimum absolute atomic E-state index is 0.00914. The average Bonchev–Trinajstić information content (AvgIpc) is 3.03. The highest BCUT2D eigenvalue weighted by molar-refractivity contribution is 6.07. The number of ether oxygens (including phenoxy) is 3. The van der Waals surface area contributed by atoms with Crippen molar-refractivity contribution < 1.29 is 33.6 Å². The lowest BCUT2D eigenvalue weighted by Crippen LogP contribution is -2.37. The first-order chi connectivity index (χ1) is 23.0. The molecule has 1 aliphatic rings. The molecule has 0 saturated carbocycles. The van der Waals surface area contributed by atoms with Crippen LogP contribution in [0.1, 0.15) is 136 Å². The van der Waals surface area contributed by atoms with Gasteiger partial charge in [-0.25, -0.2) is 4.79 Å². The second kappa shape index (κ2) is 21.3. The average molecular weight is 674 g/mol. The third-order valence-corrected chi connectivity index (χ3v) is 8.82. The van der Waals surface area contributed by atoms with Crippen molar-refractivity contribution in [1.29, 1.82) is 0 Å². The molecule has 48 heavy (non-hydrogen) atoms. The Bertz CT molecular complexity index is 1310. The number of nitro groups is 2. The van der Waals surface area contributed by atoms with Gasteiger partial charge in [0.25, 0.3) is 11.4 Å². The number of esters is 2. The topological polar surface area (TPSA) is 160 Å². The molecular formula is C36H55N3O9. The molecule has 0 saturated heterocycles. The summed E-state index contributed by atoms with van der Waals surface area (Å²) >= 11 is 0. The summed E-state index contributed by atoms with van der Waals surface area (Å²) < 4.78 is 16.8. The van der Waals surface area contributed by atoms with E-state index in [1.165, 1.54) is 51.0 Å². The summed E-state index contributed by atoms with van der Waals surface area (Å²) in [6, 6.07) is 2.17. The summed E-state index contributed by atoms with van der Waals surface area (Å²) in [4.78, 5) is 54.6. The van der Waals surface area contributed by atoms with Crippen molar-refractivity contribution in [2.75, 3.05) is 19.8 Å². The summed E-state index contributed by atoms with van der Waals surface area (Å²) in [7, 11) is 0. The van der Waals surface area contributed by atoms with Crippen molar-refractivity contribution >= 4 is 29.0 Å². The van der Waals surface area contributed by atoms with E-state index in [4.69, 9.17) is 14.2 Å². The number of nitro benzene ring substituents is 2. The molecule has 0 bridgehead atoms. The SMILES string of the molecule is CCCCCCCCCCCCCC(Cc1c(C2C(C(=O)OCC)=C(C)N=C(C)C2C(=O)OCC)cc([N+](=O)[O-])cc1[N+](=O)[O-])OCC. The number of unbranched alkanes of at least 4 members (excludes halogenated alkanes) is 10. The lowest BCUT2D eigenvalue weighted by Gasteiger charge is -2.33. The van der Waals surface area contributed by atoms with Gasteiger partial charge in [0.2, 0.25) is 0 Å². The highest BCUT2D eigenvalue weighted by atomic mass is 16.6. The molecule has 1 aliphatic heterocycles. The van der Waals surface area contributed by atoms with Crippen LogP contribution in [0.3, 0.4) is 0 Å². The highest BCUT2D eigenvalue weighted by Gasteiger charge is 2.45. The molecule has 0 aliphatic carbocycles. The molecule has 0 fully saturated rings. The van der Waals surface area contributed by atoms with Crippen LogP contribution in [0.15, 0.2) is 28.4 Å². The van der Waals surface area contributed by atoms with E-state index in [0.717, 1.165) is 31.7 Å². The van der Waals surface area contributed by atoms with Gasteiger partial charge in [-0.1, -0.05) is 77.6 Å². The number of hydrogen-bond donors (Lipinski definition) is 0. The van der Waals surface area contributed by atoms with Crippen LogP contribution in [0.5, 0.6) is 0 Å². The van der Waals surface area contributed by atoms with Crippen molar-refractivity contribution in [2.24, 2.45) is 10.9 Å². The molecule has 3 unspecified atom stereocenters. The van der Waals surface area contributed by atoms with Crippen LogP contribution in [-0.2, 0) is 30.2 Å². The number of carbonyl (C=O) groups is 2. The number of carbonyl (C=O) groups excluding carboxylic acids is 2. The van der Waals surface area contributed by atoms with Crippen molar-refractivity contribution in [2.45, 2.75) is 137 Å². The molecule has 3 atom stereocenters. The van der Waals surface area contributed by atoms with Gasteiger partial charge in [0.15, 0.2) is 0 Å². The van der Waals surface area contributed by atoms with Gasteiger partial charge < -0.3 is 14.2 Å². The number of benzene rings is 1. The standard InChI is InChI=1S/C36H55N3O9/c1-7-11-12-13-14-15-16-17-18-19-20-21-28(46-8-2)24-29-30(22-27(38(42)43)23-31(29)39(44)45)34-32(35(40)47-9-3)25(5)37-26(6)33(34)36(41)48-10-4/h22-23,28,32,34H,7-21,24H2,1-6H3. The second-order valence-electron chi connectivity index (χ2n) is 12.3. The fourth-order valence-electron chi connectivity index (χ4n) is 6.56. The monoisotopic (exact) mass is 673 g/mol. The summed E-state index contributed by atoms with van der Waals surface area (Å²) in [6.45, 7) is 11.0. The lowest BCUT2D eigenvalue weighted by atomic mass is 9.73. The Morgan fingerprint density at radius 1 is 0.812 bits per heavy atom. The van der Waals surface area contributed by atoms with Gasteiger partial charge in [-0.05, 0) is 46.6 Å². The van der Waals surface area contributed by atoms with E-state index in [1.807, 2.05) is 6.92 Å². The van der Waals surface area contributed by atoms with Gasteiger partial charge in [0.05, 0.1) is 40.8 Å². The maximum absolute atomic E-state index is 13.5. The van der Waals surface area contributed by atoms with E-state index in [9.17, 15) is 29.8 Å². The first-order valence-corrected chi connectivity index (χ1v) is 17.7. The maximum atomic E-state index is 13.5. The molecule has 0 amide bonds. The molecule has 1 heterocycles. The van der Waals surface area contributed by atoms with Crippen molar-refractivity contribution in [3.05, 3.63) is 54.8 Å². The molecule has 1 aromatic carbocycles. The summed E-state index contributed by atoms with van der Waals surface area (Å²) in [5.74, 6) is -3.78. The van der Waals surface area contributed by atoms with Crippen LogP contribution in [0, 0.1) is 26.1 Å². The van der Waals surface area contributed by atoms with E-state index in [2.05, 4.69) is 11.9 Å². The first-order valence-electron chi connectivity index (χ1n) is 17.7. The van der Waals surface area contributed by atoms with E-state index >= 15 is 0 Å². The third-order valence-electron chi connectivity index (χ3n) is 8.82. The largest absolute Gasteiger partial charge is 0.465 e. The van der Waals surface area contributed by atoms with Crippen LogP contribution in [0.4, 0.5) is 11.4 Å². The third kappa shape index (κ3) is 11.8. The zero-order valence-electron chi connectivity index (χ0n) is 29.7. The Morgan fingerprint density at radius 3 is 1.92 bits per heavy atom. The smallest absolute Gasteiger partial charge is 0.336 e. The van der Waals surface area contributed by atoms with E-state index in [1.54, 1.807) is 27.7 Å². The van der Waals surface area contributed by atoms with E-state index < -0.39 is 51.1 Å². The van der Waals surface area contributed by atoms with Gasteiger partial charge in [-0.15, -0.1) is 0 Å². The number of non-ortho nitro benzene ring substituents is 1. The van der Waals surface area contributed by atoms with Gasteiger partial charge in [-0.3, -0.25) is 30.0 Å². The minimum atomic E-state index is -1.17. The van der Waals surface area contributed by atoms with Gasteiger partial charge in [0.1, 0.15) is 5.92 Å². The van der Waals surface area contributed by atoms with Crippen molar-refractivity contribution in [3.8, 4) is 0 Å². The molecule has 268 valence electrons. The minimum Gasteiger partial charge on any atom is -0.465 e. The summed E-state index contributed by atoms with van der Waals surface area (Å²) in [5, 5.41) is 24.6. The zero-order chi connectivity index (χ0) is 35.6. The van der Waals surface area contributed by atoms with E-state index in [0.29, 0.717) is 18.7 Å². The van der Waals surface area contributed by atoms with Crippen molar-refractivity contribution in [1.82, 2.24) is 0 Å². The van der Waals surface area contributed by atoms with Crippen LogP contribution < -0.4 is 0 Å². The molecular weight excluding hydrogens is 618 g/mol. The van der Waals surface area contributed by atoms with Crippen LogP contribution in [-0.4, -0.2) is 53.4 Å². The molecule has 0 aromatic heterocycles. The van der Waals surface area contributed by atoms with Crippen LogP contribution in [0.2, 0.25) is 0 Å². The van der Waals surface area contributed by atoms with Gasteiger partial charge in [-0.2, -0.15) is 0 Å². The van der Waals surface area contributed by atoms with E-state index in [-0.39, 0.29) is 42.0 Å². The fraction of sp³-hybridized carbons (Fsp3) is 0.694. The summed E-state index contributed by atoms with van der Waals surface area (Å²) in [6.07, 6.45) is 13.2. The molecule has 12 heteroatoms. The quantitative estimate of drug-likeness (QED) is 0.0479. The normalized spacial score (nSPS) is 16.8. The Balaban J connectivity index is 2.50. The zero-order valence-corrected chi connectivity index (χ0v) is 29.7. The molecule has 1 aromatic rings. The number of nitrogens with zero attached hydrogens (tertiary/aromatic N) is 3. The van der Waals surface area contributed by atoms with Crippen LogP contribution >= 0.6 is 0 Å². The maximum Gasteiger partial charge on any atom is 0.336 e. The predicted octanol–water partition coefficient (Wildman–Crippen LogP) is 8.73. The number of rotatable bonds is 23. The molecule has 0 radical (unpaired) electrons. The van der Waals surface area contributed by atoms with Crippen LogP contribution in [0.25, 0.3) is 0 Å². The number of aliphatic imine (C=N–C) groups is 1. The van der Waals surface area contributed by atoms with Gasteiger partial charge in [0, 0.05) is 42.0 Å². The number of hydrogen-bond acceptors (Lipinski definition) is 10. The molecule has 12 nitrogen and oxygen atoms in total. The van der Waals surface area contributed by atoms with Gasteiger partial charge >= 0.3 is 11.9 Å². The molecule has 2 rings (SSSR count). The lowest BCUT2D eigenvalue weighted by molar-refractivity contribution is -0.394.